The molecule has 0 aliphatic heterocycles. The molecule has 0 aliphatic carbocycles. The van der Waals surface area contributed by atoms with Crippen LogP contribution >= 0.6 is 11.6 Å². The molecule has 2 heterocycles. The van der Waals surface area contributed by atoms with Gasteiger partial charge in [0, 0.05) is 0 Å². The lowest BCUT2D eigenvalue weighted by Crippen LogP contribution is -1.97. The van der Waals surface area contributed by atoms with Crippen LogP contribution in [0.3, 0.4) is 0 Å². The van der Waals surface area contributed by atoms with E-state index in [1.807, 2.05) is 0 Å². The van der Waals surface area contributed by atoms with E-state index in [9.17, 15) is 4.79 Å². The van der Waals surface area contributed by atoms with Gasteiger partial charge in [-0.1, -0.05) is 11.6 Å². The number of aromatic carboxylic acids is 1. The van der Waals surface area contributed by atoms with Crippen molar-refractivity contribution in [3.63, 3.8) is 0 Å². The van der Waals surface area contributed by atoms with Crippen molar-refractivity contribution in [2.45, 2.75) is 0 Å². The Kier molecular flexibility index (Phi) is 1.63. The summed E-state index contributed by atoms with van der Waals surface area (Å²) in [6, 6.07) is 0. The zero-order chi connectivity index (χ0) is 9.42. The SMILES string of the molecule is O=C(O)c1[nH]nc2nc(Cl)cnc12. The van der Waals surface area contributed by atoms with Crippen molar-refractivity contribution in [3.8, 4) is 0 Å². The minimum absolute atomic E-state index is 0.0841. The maximum Gasteiger partial charge on any atom is 0.356 e. The molecule has 0 radical (unpaired) electrons. The third kappa shape index (κ3) is 1.20. The number of rotatable bonds is 1. The third-order valence-corrected chi connectivity index (χ3v) is 1.63. The first-order valence-electron chi connectivity index (χ1n) is 3.28. The van der Waals surface area contributed by atoms with E-state index in [4.69, 9.17) is 16.7 Å². The molecule has 2 aromatic rings. The van der Waals surface area contributed by atoms with Crippen molar-refractivity contribution < 1.29 is 9.90 Å². The van der Waals surface area contributed by atoms with Gasteiger partial charge < -0.3 is 5.11 Å². The van der Waals surface area contributed by atoms with Crippen LogP contribution in [0.4, 0.5) is 0 Å². The van der Waals surface area contributed by atoms with E-state index in [1.54, 1.807) is 0 Å². The van der Waals surface area contributed by atoms with E-state index < -0.39 is 5.97 Å². The van der Waals surface area contributed by atoms with Crippen LogP contribution in [0.2, 0.25) is 5.15 Å². The summed E-state index contributed by atoms with van der Waals surface area (Å²) < 4.78 is 0. The topological polar surface area (TPSA) is 91.8 Å². The quantitative estimate of drug-likeness (QED) is 0.704. The van der Waals surface area contributed by atoms with Gasteiger partial charge in [-0.05, 0) is 0 Å². The average Bonchev–Trinajstić information content (AvgIpc) is 2.46. The second kappa shape index (κ2) is 2.67. The number of nitrogens with one attached hydrogen (secondary N) is 1. The highest BCUT2D eigenvalue weighted by Gasteiger charge is 2.13. The van der Waals surface area contributed by atoms with E-state index in [2.05, 4.69) is 20.2 Å². The zero-order valence-electron chi connectivity index (χ0n) is 6.15. The van der Waals surface area contributed by atoms with Crippen LogP contribution in [-0.4, -0.2) is 31.2 Å². The molecule has 13 heavy (non-hydrogen) atoms. The number of nitrogens with zero attached hydrogens (tertiary/aromatic N) is 3. The molecule has 0 unspecified atom stereocenters. The van der Waals surface area contributed by atoms with Crippen LogP contribution in [0.25, 0.3) is 11.2 Å². The van der Waals surface area contributed by atoms with E-state index >= 15 is 0 Å². The number of hydrogen-bond acceptors (Lipinski definition) is 4. The van der Waals surface area contributed by atoms with E-state index in [0.29, 0.717) is 0 Å². The lowest BCUT2D eigenvalue weighted by Gasteiger charge is -1.89. The summed E-state index contributed by atoms with van der Waals surface area (Å²) >= 11 is 5.53. The number of halogens is 1. The van der Waals surface area contributed by atoms with Crippen LogP contribution < -0.4 is 0 Å². The van der Waals surface area contributed by atoms with Crippen LogP contribution in [0.15, 0.2) is 6.20 Å². The van der Waals surface area contributed by atoms with Gasteiger partial charge in [0.05, 0.1) is 6.20 Å². The molecule has 0 fully saturated rings. The van der Waals surface area contributed by atoms with Gasteiger partial charge in [-0.2, -0.15) is 5.10 Å². The average molecular weight is 199 g/mol. The zero-order valence-corrected chi connectivity index (χ0v) is 6.91. The predicted molar refractivity (Wildman–Crippen MR) is 43.7 cm³/mol. The molecule has 0 spiro atoms. The highest BCUT2D eigenvalue weighted by molar-refractivity contribution is 6.29. The van der Waals surface area contributed by atoms with Crippen molar-refractivity contribution in [1.29, 1.82) is 0 Å². The largest absolute Gasteiger partial charge is 0.476 e. The number of aromatic nitrogens is 4. The fourth-order valence-corrected chi connectivity index (χ4v) is 1.05. The Morgan fingerprint density at radius 1 is 1.62 bits per heavy atom. The number of fused-ring (bicyclic) bond motifs is 1. The highest BCUT2D eigenvalue weighted by atomic mass is 35.5. The molecule has 0 atom stereocenters. The number of carbonyl (C=O) groups is 1. The predicted octanol–water partition coefficient (Wildman–Crippen LogP) is 0.704. The highest BCUT2D eigenvalue weighted by Crippen LogP contribution is 2.12. The molecule has 0 amide bonds. The molecule has 6 nitrogen and oxygen atoms in total. The summed E-state index contributed by atoms with van der Waals surface area (Å²) in [4.78, 5) is 18.2. The molecule has 0 aliphatic rings. The number of hydrogen-bond donors (Lipinski definition) is 2. The minimum Gasteiger partial charge on any atom is -0.476 e. The Hall–Kier alpha value is -1.69. The molecule has 0 aromatic carbocycles. The molecule has 0 saturated heterocycles. The lowest BCUT2D eigenvalue weighted by molar-refractivity contribution is 0.0692. The van der Waals surface area contributed by atoms with Gasteiger partial charge in [-0.3, -0.25) is 5.10 Å². The van der Waals surface area contributed by atoms with Crippen LogP contribution in [0, 0.1) is 0 Å². The Balaban J connectivity index is 2.76. The van der Waals surface area contributed by atoms with Gasteiger partial charge in [0.1, 0.15) is 10.7 Å². The molecule has 2 N–H and O–H groups in total. The molecular weight excluding hydrogens is 196 g/mol. The second-order valence-electron chi connectivity index (χ2n) is 2.27. The summed E-state index contributed by atoms with van der Waals surface area (Å²) in [7, 11) is 0. The molecule has 0 saturated carbocycles. The second-order valence-corrected chi connectivity index (χ2v) is 2.66. The Morgan fingerprint density at radius 3 is 3.08 bits per heavy atom. The fourth-order valence-electron chi connectivity index (χ4n) is 0.924. The van der Waals surface area contributed by atoms with Crippen LogP contribution in [-0.2, 0) is 0 Å². The normalized spacial score (nSPS) is 10.5. The fraction of sp³-hybridized carbons (Fsp3) is 0. The van der Waals surface area contributed by atoms with Crippen molar-refractivity contribution in [2.75, 3.05) is 0 Å². The van der Waals surface area contributed by atoms with Crippen LogP contribution in [0.1, 0.15) is 10.5 Å². The molecular formula is C6H3ClN4O2. The maximum absolute atomic E-state index is 10.6. The number of aromatic amines is 1. The summed E-state index contributed by atoms with van der Waals surface area (Å²) in [5.41, 5.74) is 0.320. The number of carboxylic acid groups (broad SMARTS) is 1. The van der Waals surface area contributed by atoms with Crippen LogP contribution in [0.5, 0.6) is 0 Å². The summed E-state index contributed by atoms with van der Waals surface area (Å²) in [6.07, 6.45) is 1.27. The first kappa shape index (κ1) is 7.93. The van der Waals surface area contributed by atoms with E-state index in [0.717, 1.165) is 0 Å². The molecule has 2 aromatic heterocycles. The lowest BCUT2D eigenvalue weighted by atomic mass is 10.4. The number of carboxylic acids is 1. The molecule has 0 bridgehead atoms. The van der Waals surface area contributed by atoms with Gasteiger partial charge in [0.25, 0.3) is 0 Å². The van der Waals surface area contributed by atoms with Crippen molar-refractivity contribution in [1.82, 2.24) is 20.2 Å². The van der Waals surface area contributed by atoms with Gasteiger partial charge >= 0.3 is 5.97 Å². The van der Waals surface area contributed by atoms with Gasteiger partial charge in [-0.15, -0.1) is 0 Å². The summed E-state index contributed by atoms with van der Waals surface area (Å²) in [5.74, 6) is -1.13. The molecule has 66 valence electrons. The standard InChI is InChI=1S/C6H3ClN4O2/c7-2-1-8-3-4(6(12)13)10-11-5(3)9-2/h1H,(H,12,13)(H,9,10,11). The van der Waals surface area contributed by atoms with Crippen molar-refractivity contribution in [3.05, 3.63) is 17.0 Å². The van der Waals surface area contributed by atoms with Crippen molar-refractivity contribution in [2.24, 2.45) is 0 Å². The van der Waals surface area contributed by atoms with Gasteiger partial charge in [-0.25, -0.2) is 14.8 Å². The summed E-state index contributed by atoms with van der Waals surface area (Å²) in [5, 5.41) is 14.8. The third-order valence-electron chi connectivity index (χ3n) is 1.45. The first-order chi connectivity index (χ1) is 6.18. The minimum atomic E-state index is -1.13. The Bertz CT molecular complexity index is 480. The van der Waals surface area contributed by atoms with Gasteiger partial charge in [0.2, 0.25) is 5.65 Å². The first-order valence-corrected chi connectivity index (χ1v) is 3.66. The molecule has 2 rings (SSSR count). The van der Waals surface area contributed by atoms with E-state index in [-0.39, 0.29) is 22.0 Å². The Morgan fingerprint density at radius 2 is 2.38 bits per heavy atom. The molecule has 7 heteroatoms. The van der Waals surface area contributed by atoms with Gasteiger partial charge in [0.15, 0.2) is 5.69 Å². The Labute approximate surface area is 76.6 Å². The summed E-state index contributed by atoms with van der Waals surface area (Å²) in [6.45, 7) is 0. The smallest absolute Gasteiger partial charge is 0.356 e. The van der Waals surface area contributed by atoms with Crippen molar-refractivity contribution >= 4 is 28.7 Å². The van der Waals surface area contributed by atoms with E-state index in [1.165, 1.54) is 6.20 Å². The maximum atomic E-state index is 10.6. The number of H-pyrrole nitrogens is 1. The monoisotopic (exact) mass is 198 g/mol.